The van der Waals surface area contributed by atoms with E-state index in [9.17, 15) is 4.79 Å². The lowest BCUT2D eigenvalue weighted by Crippen LogP contribution is -2.28. The van der Waals surface area contributed by atoms with Crippen LogP contribution in [0.25, 0.3) is 0 Å². The van der Waals surface area contributed by atoms with Crippen LogP contribution in [0.3, 0.4) is 0 Å². The van der Waals surface area contributed by atoms with Crippen LogP contribution in [-0.2, 0) is 11.2 Å². The largest absolute Gasteiger partial charge is 0.496 e. The second-order valence-corrected chi connectivity index (χ2v) is 5.20. The molecule has 1 aromatic rings. The number of methoxy groups -OCH3 is 1. The number of hydrogen-bond acceptors (Lipinski definition) is 2. The van der Waals surface area contributed by atoms with Crippen LogP contribution in [0, 0.1) is 5.92 Å². The molecule has 3 nitrogen and oxygen atoms in total. The van der Waals surface area contributed by atoms with Gasteiger partial charge in [0.05, 0.1) is 18.0 Å². The van der Waals surface area contributed by atoms with Crippen LogP contribution in [0.4, 0.5) is 0 Å². The van der Waals surface area contributed by atoms with E-state index in [0.717, 1.165) is 22.3 Å². The van der Waals surface area contributed by atoms with E-state index in [4.69, 9.17) is 4.74 Å². The van der Waals surface area contributed by atoms with Crippen molar-refractivity contribution in [3.8, 4) is 5.75 Å². The molecular weight excluding hydrogens is 282 g/mol. The Kier molecular flexibility index (Phi) is 5.48. The zero-order chi connectivity index (χ0) is 12.8. The Bertz CT molecular complexity index is 391. The van der Waals surface area contributed by atoms with Crippen molar-refractivity contribution in [3.63, 3.8) is 0 Å². The average Bonchev–Trinajstić information content (AvgIpc) is 2.26. The topological polar surface area (TPSA) is 38.3 Å². The van der Waals surface area contributed by atoms with Crippen molar-refractivity contribution < 1.29 is 9.53 Å². The van der Waals surface area contributed by atoms with Gasteiger partial charge in [-0.15, -0.1) is 0 Å². The van der Waals surface area contributed by atoms with Crippen molar-refractivity contribution in [2.24, 2.45) is 5.92 Å². The summed E-state index contributed by atoms with van der Waals surface area (Å²) < 4.78 is 6.01. The van der Waals surface area contributed by atoms with Gasteiger partial charge in [-0.3, -0.25) is 4.79 Å². The summed E-state index contributed by atoms with van der Waals surface area (Å²) in [6.07, 6.45) is 0.398. The zero-order valence-corrected chi connectivity index (χ0v) is 12.0. The Balaban J connectivity index is 2.57. The Hall–Kier alpha value is -1.03. The number of amides is 1. The molecule has 17 heavy (non-hydrogen) atoms. The quantitative estimate of drug-likeness (QED) is 0.908. The lowest BCUT2D eigenvalue weighted by atomic mass is 10.1. The van der Waals surface area contributed by atoms with Gasteiger partial charge in [-0.1, -0.05) is 19.9 Å². The molecule has 0 fully saturated rings. The normalized spacial score (nSPS) is 10.4. The summed E-state index contributed by atoms with van der Waals surface area (Å²) in [5, 5.41) is 2.89. The molecule has 0 heterocycles. The molecule has 1 rings (SSSR count). The molecule has 0 aromatic heterocycles. The van der Waals surface area contributed by atoms with Gasteiger partial charge in [-0.25, -0.2) is 0 Å². The van der Waals surface area contributed by atoms with Crippen LogP contribution in [0.5, 0.6) is 5.75 Å². The summed E-state index contributed by atoms with van der Waals surface area (Å²) in [4.78, 5) is 11.6. The van der Waals surface area contributed by atoms with Gasteiger partial charge >= 0.3 is 0 Å². The summed E-state index contributed by atoms with van der Waals surface area (Å²) >= 11 is 3.40. The van der Waals surface area contributed by atoms with Crippen LogP contribution < -0.4 is 10.1 Å². The first kappa shape index (κ1) is 14.0. The Morgan fingerprint density at radius 1 is 1.47 bits per heavy atom. The van der Waals surface area contributed by atoms with Gasteiger partial charge in [-0.05, 0) is 39.5 Å². The number of benzene rings is 1. The lowest BCUT2D eigenvalue weighted by Gasteiger charge is -2.09. The number of ether oxygens (including phenoxy) is 1. The van der Waals surface area contributed by atoms with Crippen LogP contribution in [-0.4, -0.2) is 19.6 Å². The van der Waals surface area contributed by atoms with E-state index < -0.39 is 0 Å². The Morgan fingerprint density at radius 3 is 2.71 bits per heavy atom. The van der Waals surface area contributed by atoms with Gasteiger partial charge in [0, 0.05) is 6.54 Å². The molecule has 0 radical (unpaired) electrons. The average molecular weight is 300 g/mol. The van der Waals surface area contributed by atoms with E-state index in [2.05, 4.69) is 35.1 Å². The molecule has 0 saturated heterocycles. The standard InChI is InChI=1S/C13H18BrNO2/c1-9(2)8-15-13(16)7-10-4-5-12(17-3)11(14)6-10/h4-6,9H,7-8H2,1-3H3,(H,15,16). The molecule has 0 atom stereocenters. The SMILES string of the molecule is COc1ccc(CC(=O)NCC(C)C)cc1Br. The van der Waals surface area contributed by atoms with E-state index in [-0.39, 0.29) is 5.91 Å². The van der Waals surface area contributed by atoms with Crippen molar-refractivity contribution in [1.29, 1.82) is 0 Å². The fraction of sp³-hybridized carbons (Fsp3) is 0.462. The fourth-order valence-electron chi connectivity index (χ4n) is 1.39. The number of halogens is 1. The van der Waals surface area contributed by atoms with E-state index in [1.807, 2.05) is 18.2 Å². The van der Waals surface area contributed by atoms with Crippen LogP contribution in [0.15, 0.2) is 22.7 Å². The number of carbonyl (C=O) groups excluding carboxylic acids is 1. The summed E-state index contributed by atoms with van der Waals surface area (Å²) in [7, 11) is 1.62. The maximum absolute atomic E-state index is 11.6. The van der Waals surface area contributed by atoms with Crippen LogP contribution >= 0.6 is 15.9 Å². The van der Waals surface area contributed by atoms with E-state index in [0.29, 0.717) is 12.3 Å². The first-order valence-corrected chi connectivity index (χ1v) is 6.41. The van der Waals surface area contributed by atoms with Crippen molar-refractivity contribution in [3.05, 3.63) is 28.2 Å². The van der Waals surface area contributed by atoms with Crippen LogP contribution in [0.2, 0.25) is 0 Å². The highest BCUT2D eigenvalue weighted by molar-refractivity contribution is 9.10. The fourth-order valence-corrected chi connectivity index (χ4v) is 1.97. The first-order chi connectivity index (χ1) is 8.02. The predicted molar refractivity (Wildman–Crippen MR) is 72.2 cm³/mol. The van der Waals surface area contributed by atoms with E-state index in [1.54, 1.807) is 7.11 Å². The Morgan fingerprint density at radius 2 is 2.18 bits per heavy atom. The molecule has 1 aromatic carbocycles. The van der Waals surface area contributed by atoms with Gasteiger partial charge in [0.1, 0.15) is 5.75 Å². The van der Waals surface area contributed by atoms with Crippen molar-refractivity contribution >= 4 is 21.8 Å². The maximum Gasteiger partial charge on any atom is 0.224 e. The molecular formula is C13H18BrNO2. The third-order valence-corrected chi connectivity index (χ3v) is 2.91. The zero-order valence-electron chi connectivity index (χ0n) is 10.4. The molecule has 0 aliphatic carbocycles. The molecule has 0 unspecified atom stereocenters. The molecule has 94 valence electrons. The second-order valence-electron chi connectivity index (χ2n) is 4.34. The summed E-state index contributed by atoms with van der Waals surface area (Å²) in [5.41, 5.74) is 0.971. The highest BCUT2D eigenvalue weighted by atomic mass is 79.9. The minimum absolute atomic E-state index is 0.0516. The lowest BCUT2D eigenvalue weighted by molar-refractivity contribution is -0.120. The summed E-state index contributed by atoms with van der Waals surface area (Å²) in [6.45, 7) is 4.87. The maximum atomic E-state index is 11.6. The van der Waals surface area contributed by atoms with Crippen molar-refractivity contribution in [2.75, 3.05) is 13.7 Å². The van der Waals surface area contributed by atoms with Gasteiger partial charge in [0.25, 0.3) is 0 Å². The van der Waals surface area contributed by atoms with E-state index >= 15 is 0 Å². The monoisotopic (exact) mass is 299 g/mol. The summed E-state index contributed by atoms with van der Waals surface area (Å²) in [5.74, 6) is 1.30. The molecule has 1 amide bonds. The molecule has 0 aliphatic rings. The van der Waals surface area contributed by atoms with Gasteiger partial charge in [0.2, 0.25) is 5.91 Å². The second kappa shape index (κ2) is 6.64. The molecule has 0 bridgehead atoms. The predicted octanol–water partition coefficient (Wildman–Crippen LogP) is 2.77. The van der Waals surface area contributed by atoms with Gasteiger partial charge in [-0.2, -0.15) is 0 Å². The molecule has 0 spiro atoms. The van der Waals surface area contributed by atoms with Gasteiger partial charge < -0.3 is 10.1 Å². The highest BCUT2D eigenvalue weighted by Gasteiger charge is 2.06. The van der Waals surface area contributed by atoms with Gasteiger partial charge in [0.15, 0.2) is 0 Å². The number of carbonyl (C=O) groups is 1. The molecule has 0 saturated carbocycles. The molecule has 0 aliphatic heterocycles. The van der Waals surface area contributed by atoms with Crippen molar-refractivity contribution in [2.45, 2.75) is 20.3 Å². The van der Waals surface area contributed by atoms with Crippen LogP contribution in [0.1, 0.15) is 19.4 Å². The number of rotatable bonds is 5. The third-order valence-electron chi connectivity index (χ3n) is 2.29. The molecule has 4 heteroatoms. The highest BCUT2D eigenvalue weighted by Crippen LogP contribution is 2.25. The minimum atomic E-state index is 0.0516. The smallest absolute Gasteiger partial charge is 0.224 e. The van der Waals surface area contributed by atoms with Crippen molar-refractivity contribution in [1.82, 2.24) is 5.32 Å². The third kappa shape index (κ3) is 4.77. The number of nitrogens with one attached hydrogen (secondary N) is 1. The number of hydrogen-bond donors (Lipinski definition) is 1. The van der Waals surface area contributed by atoms with E-state index in [1.165, 1.54) is 0 Å². The Labute approximate surface area is 111 Å². The first-order valence-electron chi connectivity index (χ1n) is 5.62. The molecule has 1 N–H and O–H groups in total. The minimum Gasteiger partial charge on any atom is -0.496 e. The summed E-state index contributed by atoms with van der Waals surface area (Å²) in [6, 6.07) is 5.67.